The van der Waals surface area contributed by atoms with Gasteiger partial charge in [-0.1, -0.05) is 41.7 Å². The standard InChI is InChI=1S/C18H16O/c1-15-7-9-16(10-8-15)5-3-4-6-17-11-13-18(19-2)14-12-17/h3,5,7-14H,1-2H3/b5-3+. The number of hydrogen-bond donors (Lipinski definition) is 0. The molecule has 0 unspecified atom stereocenters. The molecule has 0 radical (unpaired) electrons. The molecule has 0 bridgehead atoms. The lowest BCUT2D eigenvalue weighted by Crippen LogP contribution is -1.81. The minimum atomic E-state index is 0.848. The molecule has 2 aromatic rings. The Morgan fingerprint density at radius 2 is 1.63 bits per heavy atom. The van der Waals surface area contributed by atoms with Crippen LogP contribution in [0.3, 0.4) is 0 Å². The third kappa shape index (κ3) is 4.04. The zero-order valence-electron chi connectivity index (χ0n) is 11.2. The van der Waals surface area contributed by atoms with Gasteiger partial charge in [0.15, 0.2) is 0 Å². The van der Waals surface area contributed by atoms with E-state index in [0.717, 1.165) is 16.9 Å². The first kappa shape index (κ1) is 13.0. The van der Waals surface area contributed by atoms with Crippen molar-refractivity contribution >= 4 is 6.08 Å². The zero-order chi connectivity index (χ0) is 13.5. The van der Waals surface area contributed by atoms with E-state index in [1.807, 2.05) is 36.4 Å². The lowest BCUT2D eigenvalue weighted by atomic mass is 10.1. The number of rotatable bonds is 2. The SMILES string of the molecule is COc1ccc(C#C/C=C/c2ccc(C)cc2)cc1. The minimum absolute atomic E-state index is 0.848. The predicted molar refractivity (Wildman–Crippen MR) is 80.1 cm³/mol. The van der Waals surface area contributed by atoms with Crippen molar-refractivity contribution in [3.63, 3.8) is 0 Å². The normalized spacial score (nSPS) is 10.0. The summed E-state index contributed by atoms with van der Waals surface area (Å²) in [5, 5.41) is 0. The van der Waals surface area contributed by atoms with E-state index in [4.69, 9.17) is 4.74 Å². The Balaban J connectivity index is 2.01. The predicted octanol–water partition coefficient (Wildman–Crippen LogP) is 4.07. The summed E-state index contributed by atoms with van der Waals surface area (Å²) in [7, 11) is 1.66. The molecule has 19 heavy (non-hydrogen) atoms. The van der Waals surface area contributed by atoms with Gasteiger partial charge < -0.3 is 4.74 Å². The van der Waals surface area contributed by atoms with Gasteiger partial charge in [0.05, 0.1) is 7.11 Å². The second-order valence-electron chi connectivity index (χ2n) is 4.24. The van der Waals surface area contributed by atoms with Crippen LogP contribution in [0.15, 0.2) is 54.6 Å². The van der Waals surface area contributed by atoms with Crippen LogP contribution in [0.2, 0.25) is 0 Å². The number of benzene rings is 2. The topological polar surface area (TPSA) is 9.23 Å². The molecule has 0 atom stereocenters. The zero-order valence-corrected chi connectivity index (χ0v) is 11.2. The van der Waals surface area contributed by atoms with Gasteiger partial charge in [-0.15, -0.1) is 0 Å². The molecule has 94 valence electrons. The van der Waals surface area contributed by atoms with Crippen molar-refractivity contribution in [3.8, 4) is 17.6 Å². The van der Waals surface area contributed by atoms with Gasteiger partial charge in [0.25, 0.3) is 0 Å². The first-order valence-electron chi connectivity index (χ1n) is 6.17. The van der Waals surface area contributed by atoms with E-state index in [2.05, 4.69) is 43.0 Å². The molecule has 1 heteroatoms. The summed E-state index contributed by atoms with van der Waals surface area (Å²) < 4.78 is 5.10. The Hall–Kier alpha value is -2.46. The van der Waals surface area contributed by atoms with Gasteiger partial charge in [-0.25, -0.2) is 0 Å². The van der Waals surface area contributed by atoms with Crippen LogP contribution in [-0.2, 0) is 0 Å². The maximum Gasteiger partial charge on any atom is 0.118 e. The third-order valence-corrected chi connectivity index (χ3v) is 2.74. The molecule has 0 aliphatic heterocycles. The summed E-state index contributed by atoms with van der Waals surface area (Å²) in [5.74, 6) is 6.96. The number of allylic oxidation sites excluding steroid dienone is 1. The van der Waals surface area contributed by atoms with Crippen molar-refractivity contribution in [2.24, 2.45) is 0 Å². The largest absolute Gasteiger partial charge is 0.497 e. The van der Waals surface area contributed by atoms with E-state index in [0.29, 0.717) is 0 Å². The maximum absolute atomic E-state index is 5.10. The molecule has 2 aromatic carbocycles. The molecule has 0 heterocycles. The molecule has 0 aromatic heterocycles. The summed E-state index contributed by atoms with van der Waals surface area (Å²) >= 11 is 0. The van der Waals surface area contributed by atoms with Gasteiger partial charge >= 0.3 is 0 Å². The number of aryl methyl sites for hydroxylation is 1. The Morgan fingerprint density at radius 3 is 2.26 bits per heavy atom. The Labute approximate surface area is 114 Å². The molecule has 0 fully saturated rings. The molecule has 0 aliphatic carbocycles. The molecule has 2 rings (SSSR count). The molecule has 0 amide bonds. The van der Waals surface area contributed by atoms with Gasteiger partial charge in [-0.2, -0.15) is 0 Å². The van der Waals surface area contributed by atoms with E-state index in [9.17, 15) is 0 Å². The second kappa shape index (κ2) is 6.47. The van der Waals surface area contributed by atoms with Gasteiger partial charge in [-0.3, -0.25) is 0 Å². The van der Waals surface area contributed by atoms with Gasteiger partial charge in [0.1, 0.15) is 5.75 Å². The lowest BCUT2D eigenvalue weighted by molar-refractivity contribution is 0.415. The van der Waals surface area contributed by atoms with Crippen LogP contribution in [-0.4, -0.2) is 7.11 Å². The average Bonchev–Trinajstić information content (AvgIpc) is 2.46. The van der Waals surface area contributed by atoms with Crippen molar-refractivity contribution < 1.29 is 4.74 Å². The van der Waals surface area contributed by atoms with Crippen LogP contribution in [0.5, 0.6) is 5.75 Å². The first-order valence-corrected chi connectivity index (χ1v) is 6.17. The molecular weight excluding hydrogens is 232 g/mol. The van der Waals surface area contributed by atoms with E-state index in [-0.39, 0.29) is 0 Å². The number of ether oxygens (including phenoxy) is 1. The van der Waals surface area contributed by atoms with Crippen LogP contribution in [0.4, 0.5) is 0 Å². The van der Waals surface area contributed by atoms with Crippen molar-refractivity contribution in [1.82, 2.24) is 0 Å². The Kier molecular flexibility index (Phi) is 4.42. The van der Waals surface area contributed by atoms with Crippen LogP contribution in [0.25, 0.3) is 6.08 Å². The van der Waals surface area contributed by atoms with Gasteiger partial charge in [0.2, 0.25) is 0 Å². The molecule has 0 saturated heterocycles. The van der Waals surface area contributed by atoms with Crippen molar-refractivity contribution in [3.05, 3.63) is 71.3 Å². The molecular formula is C18H16O. The summed E-state index contributed by atoms with van der Waals surface area (Å²) in [6.07, 6.45) is 3.88. The third-order valence-electron chi connectivity index (χ3n) is 2.74. The molecule has 0 N–H and O–H groups in total. The van der Waals surface area contributed by atoms with E-state index >= 15 is 0 Å². The number of methoxy groups -OCH3 is 1. The van der Waals surface area contributed by atoms with Crippen LogP contribution in [0, 0.1) is 18.8 Å². The Bertz CT molecular complexity index is 607. The lowest BCUT2D eigenvalue weighted by Gasteiger charge is -1.97. The molecule has 0 spiro atoms. The smallest absolute Gasteiger partial charge is 0.118 e. The summed E-state index contributed by atoms with van der Waals surface area (Å²) in [4.78, 5) is 0. The fourth-order valence-electron chi connectivity index (χ4n) is 1.61. The average molecular weight is 248 g/mol. The maximum atomic E-state index is 5.10. The van der Waals surface area contributed by atoms with Crippen molar-refractivity contribution in [2.75, 3.05) is 7.11 Å². The number of hydrogen-bond acceptors (Lipinski definition) is 1. The monoisotopic (exact) mass is 248 g/mol. The summed E-state index contributed by atoms with van der Waals surface area (Å²) in [5.41, 5.74) is 3.41. The Morgan fingerprint density at radius 1 is 0.947 bits per heavy atom. The highest BCUT2D eigenvalue weighted by Crippen LogP contribution is 2.10. The van der Waals surface area contributed by atoms with Gasteiger partial charge in [-0.05, 0) is 48.9 Å². The highest BCUT2D eigenvalue weighted by Gasteiger charge is 1.89. The van der Waals surface area contributed by atoms with Crippen molar-refractivity contribution in [2.45, 2.75) is 6.92 Å². The van der Waals surface area contributed by atoms with Crippen LogP contribution >= 0.6 is 0 Å². The van der Waals surface area contributed by atoms with Crippen LogP contribution < -0.4 is 4.74 Å². The van der Waals surface area contributed by atoms with E-state index < -0.39 is 0 Å². The van der Waals surface area contributed by atoms with Gasteiger partial charge in [0, 0.05) is 5.56 Å². The first-order chi connectivity index (χ1) is 9.28. The molecule has 0 saturated carbocycles. The quantitative estimate of drug-likeness (QED) is 0.728. The fourth-order valence-corrected chi connectivity index (χ4v) is 1.61. The molecule has 1 nitrogen and oxygen atoms in total. The molecule has 0 aliphatic rings. The second-order valence-corrected chi connectivity index (χ2v) is 4.24. The fraction of sp³-hybridized carbons (Fsp3) is 0.111. The van der Waals surface area contributed by atoms with E-state index in [1.165, 1.54) is 5.56 Å². The van der Waals surface area contributed by atoms with E-state index in [1.54, 1.807) is 7.11 Å². The van der Waals surface area contributed by atoms with Crippen LogP contribution in [0.1, 0.15) is 16.7 Å². The van der Waals surface area contributed by atoms with Crippen molar-refractivity contribution in [1.29, 1.82) is 0 Å². The highest BCUT2D eigenvalue weighted by atomic mass is 16.5. The minimum Gasteiger partial charge on any atom is -0.497 e. The summed E-state index contributed by atoms with van der Waals surface area (Å²) in [6, 6.07) is 16.1. The summed E-state index contributed by atoms with van der Waals surface area (Å²) in [6.45, 7) is 2.08. The highest BCUT2D eigenvalue weighted by molar-refractivity contribution is 5.54.